The van der Waals surface area contributed by atoms with Gasteiger partial charge >= 0.3 is 0 Å². The van der Waals surface area contributed by atoms with Gasteiger partial charge in [-0.3, -0.25) is 0 Å². The summed E-state index contributed by atoms with van der Waals surface area (Å²) in [4.78, 5) is 5.12. The van der Waals surface area contributed by atoms with Crippen LogP contribution in [0.3, 0.4) is 0 Å². The van der Waals surface area contributed by atoms with E-state index >= 15 is 0 Å². The normalized spacial score (nSPS) is 12.7. The predicted molar refractivity (Wildman–Crippen MR) is 191 cm³/mol. The number of benzene rings is 4. The van der Waals surface area contributed by atoms with Crippen LogP contribution in [0.2, 0.25) is 0 Å². The van der Waals surface area contributed by atoms with E-state index in [2.05, 4.69) is 73.9 Å². The molecule has 4 aromatic carbocycles. The van der Waals surface area contributed by atoms with Crippen LogP contribution in [0.25, 0.3) is 16.8 Å². The maximum absolute atomic E-state index is 14.2. The van der Waals surface area contributed by atoms with Crippen molar-refractivity contribution in [2.45, 2.75) is 63.5 Å². The number of sulfone groups is 1. The Bertz CT molecular complexity index is 1610. The first-order chi connectivity index (χ1) is 21.4. The molecule has 0 fully saturated rings. The second-order valence-corrected chi connectivity index (χ2v) is 13.4. The SMILES string of the molecule is CCCN(CCC)c1ccc(C=CC=CC(c2ccc(N(CCC)CCC)cc2)S(=O)(=O)c2ccc3ccccc3c2)cc1. The van der Waals surface area contributed by atoms with Gasteiger partial charge in [0.05, 0.1) is 4.90 Å². The molecule has 0 saturated heterocycles. The molecule has 0 amide bonds. The van der Waals surface area contributed by atoms with Crippen molar-refractivity contribution >= 4 is 38.1 Å². The van der Waals surface area contributed by atoms with Gasteiger partial charge in [0.25, 0.3) is 0 Å². The highest BCUT2D eigenvalue weighted by atomic mass is 32.2. The number of hydrogen-bond donors (Lipinski definition) is 0. The molecule has 1 atom stereocenters. The zero-order valence-electron chi connectivity index (χ0n) is 26.8. The highest BCUT2D eigenvalue weighted by Gasteiger charge is 2.27. The first kappa shape index (κ1) is 33.1. The minimum Gasteiger partial charge on any atom is -0.372 e. The lowest BCUT2D eigenvalue weighted by Gasteiger charge is -2.24. The minimum atomic E-state index is -3.71. The third-order valence-electron chi connectivity index (χ3n) is 7.89. The van der Waals surface area contributed by atoms with Crippen molar-refractivity contribution < 1.29 is 8.42 Å². The van der Waals surface area contributed by atoms with Crippen molar-refractivity contribution in [3.05, 3.63) is 120 Å². The topological polar surface area (TPSA) is 40.6 Å². The van der Waals surface area contributed by atoms with Crippen molar-refractivity contribution in [3.8, 4) is 0 Å². The average molecular weight is 609 g/mol. The van der Waals surface area contributed by atoms with Crippen LogP contribution < -0.4 is 9.80 Å². The van der Waals surface area contributed by atoms with Gasteiger partial charge in [0.2, 0.25) is 0 Å². The molecule has 4 nitrogen and oxygen atoms in total. The van der Waals surface area contributed by atoms with Crippen LogP contribution in [-0.4, -0.2) is 34.6 Å². The molecule has 0 aromatic heterocycles. The van der Waals surface area contributed by atoms with E-state index in [1.54, 1.807) is 12.1 Å². The van der Waals surface area contributed by atoms with Gasteiger partial charge in [0, 0.05) is 37.6 Å². The maximum Gasteiger partial charge on any atom is 0.188 e. The van der Waals surface area contributed by atoms with Crippen LogP contribution in [0.5, 0.6) is 0 Å². The average Bonchev–Trinajstić information content (AvgIpc) is 3.04. The van der Waals surface area contributed by atoms with Gasteiger partial charge in [-0.2, -0.15) is 0 Å². The largest absolute Gasteiger partial charge is 0.372 e. The zero-order valence-corrected chi connectivity index (χ0v) is 27.6. The summed E-state index contributed by atoms with van der Waals surface area (Å²) < 4.78 is 28.4. The molecule has 5 heteroatoms. The van der Waals surface area contributed by atoms with Crippen LogP contribution in [0.15, 0.2) is 114 Å². The number of allylic oxidation sites excluding steroid dienone is 2. The highest BCUT2D eigenvalue weighted by Crippen LogP contribution is 2.33. The van der Waals surface area contributed by atoms with Crippen LogP contribution >= 0.6 is 0 Å². The van der Waals surface area contributed by atoms with E-state index in [0.717, 1.165) is 79.4 Å². The van der Waals surface area contributed by atoms with E-state index in [4.69, 9.17) is 0 Å². The lowest BCUT2D eigenvalue weighted by Crippen LogP contribution is -2.24. The molecule has 0 aliphatic heterocycles. The van der Waals surface area contributed by atoms with Gasteiger partial charge in [0.1, 0.15) is 5.25 Å². The molecule has 4 rings (SSSR count). The third kappa shape index (κ3) is 8.41. The number of rotatable bonds is 16. The Morgan fingerprint density at radius 3 is 1.68 bits per heavy atom. The van der Waals surface area contributed by atoms with E-state index in [1.165, 1.54) is 5.69 Å². The fourth-order valence-electron chi connectivity index (χ4n) is 5.71. The number of fused-ring (bicyclic) bond motifs is 1. The Balaban J connectivity index is 1.63. The molecule has 232 valence electrons. The predicted octanol–water partition coefficient (Wildman–Crippen LogP) is 9.88. The number of nitrogens with zero attached hydrogens (tertiary/aromatic N) is 2. The Kier molecular flexibility index (Phi) is 12.3. The van der Waals surface area contributed by atoms with Gasteiger partial charge in [-0.1, -0.05) is 107 Å². The summed E-state index contributed by atoms with van der Waals surface area (Å²) in [6.45, 7) is 12.8. The molecule has 0 radical (unpaired) electrons. The van der Waals surface area contributed by atoms with E-state index in [-0.39, 0.29) is 0 Å². The standard InChI is InChI=1S/C39H48N2O2S/c1-5-27-40(28-6-2)36-22-17-32(18-23-36)13-9-12-16-39(34-19-24-37(25-20-34)41(29-7-3)30-8-4)44(42,43)38-26-21-33-14-10-11-15-35(33)31-38/h9-26,31,39H,5-8,27-30H2,1-4H3. The molecule has 4 aromatic rings. The van der Waals surface area contributed by atoms with Crippen molar-refractivity contribution in [1.29, 1.82) is 0 Å². The Morgan fingerprint density at radius 2 is 1.14 bits per heavy atom. The van der Waals surface area contributed by atoms with Crippen LogP contribution in [0.4, 0.5) is 11.4 Å². The highest BCUT2D eigenvalue weighted by molar-refractivity contribution is 7.91. The number of anilines is 2. The second kappa shape index (κ2) is 16.3. The van der Waals surface area contributed by atoms with E-state index in [9.17, 15) is 8.42 Å². The molecule has 44 heavy (non-hydrogen) atoms. The molecule has 0 N–H and O–H groups in total. The fraction of sp³-hybridized carbons (Fsp3) is 0.333. The lowest BCUT2D eigenvalue weighted by atomic mass is 10.1. The van der Waals surface area contributed by atoms with Gasteiger partial charge in [-0.05, 0) is 84.0 Å². The third-order valence-corrected chi connectivity index (χ3v) is 9.90. The first-order valence-corrected chi connectivity index (χ1v) is 17.7. The van der Waals surface area contributed by atoms with Crippen molar-refractivity contribution in [2.75, 3.05) is 36.0 Å². The van der Waals surface area contributed by atoms with Gasteiger partial charge in [0.15, 0.2) is 9.84 Å². The Morgan fingerprint density at radius 1 is 0.614 bits per heavy atom. The second-order valence-electron chi connectivity index (χ2n) is 11.4. The Hall–Kier alpha value is -3.83. The summed E-state index contributed by atoms with van der Waals surface area (Å²) in [5, 5.41) is 1.13. The molecule has 1 unspecified atom stereocenters. The summed E-state index contributed by atoms with van der Waals surface area (Å²) in [7, 11) is -3.71. The Labute approximate surface area is 265 Å². The van der Waals surface area contributed by atoms with Crippen molar-refractivity contribution in [2.24, 2.45) is 0 Å². The first-order valence-electron chi connectivity index (χ1n) is 16.2. The molecule has 0 aliphatic carbocycles. The summed E-state index contributed by atoms with van der Waals surface area (Å²) in [5.74, 6) is 0. The van der Waals surface area contributed by atoms with Crippen LogP contribution in [0, 0.1) is 0 Å². The van der Waals surface area contributed by atoms with Crippen LogP contribution in [0.1, 0.15) is 69.8 Å². The van der Waals surface area contributed by atoms with Gasteiger partial charge in [-0.15, -0.1) is 0 Å². The number of hydrogen-bond acceptors (Lipinski definition) is 4. The van der Waals surface area contributed by atoms with Crippen molar-refractivity contribution in [1.82, 2.24) is 0 Å². The summed E-state index contributed by atoms with van der Waals surface area (Å²) >= 11 is 0. The smallest absolute Gasteiger partial charge is 0.188 e. The maximum atomic E-state index is 14.2. The summed E-state index contributed by atoms with van der Waals surface area (Å²) in [6.07, 6.45) is 12.0. The fourth-order valence-corrected chi connectivity index (χ4v) is 7.36. The molecular formula is C39H48N2O2S. The minimum absolute atomic E-state index is 0.330. The van der Waals surface area contributed by atoms with Crippen LogP contribution in [-0.2, 0) is 9.84 Å². The quantitative estimate of drug-likeness (QED) is 0.119. The lowest BCUT2D eigenvalue weighted by molar-refractivity contribution is 0.590. The van der Waals surface area contributed by atoms with E-state index in [0.29, 0.717) is 4.90 Å². The molecular weight excluding hydrogens is 561 g/mol. The van der Waals surface area contributed by atoms with E-state index in [1.807, 2.05) is 66.8 Å². The monoisotopic (exact) mass is 608 g/mol. The molecule has 0 saturated carbocycles. The van der Waals surface area contributed by atoms with Crippen molar-refractivity contribution in [3.63, 3.8) is 0 Å². The van der Waals surface area contributed by atoms with Gasteiger partial charge in [-0.25, -0.2) is 8.42 Å². The molecule has 0 aliphatic rings. The molecule has 0 heterocycles. The van der Waals surface area contributed by atoms with E-state index < -0.39 is 15.1 Å². The summed E-state index contributed by atoms with van der Waals surface area (Å²) in [6, 6.07) is 30.0. The van der Waals surface area contributed by atoms with Gasteiger partial charge < -0.3 is 9.80 Å². The molecule has 0 spiro atoms. The summed E-state index contributed by atoms with van der Waals surface area (Å²) in [5.41, 5.74) is 4.21. The molecule has 0 bridgehead atoms. The zero-order chi connectivity index (χ0) is 31.4.